The van der Waals surface area contributed by atoms with Gasteiger partial charge in [-0.3, -0.25) is 19.8 Å². The number of carbonyl (C=O) groups excluding carboxylic acids is 1. The molecule has 1 aromatic heterocycles. The van der Waals surface area contributed by atoms with Gasteiger partial charge in [-0.25, -0.2) is 4.98 Å². The van der Waals surface area contributed by atoms with Crippen molar-refractivity contribution in [3.63, 3.8) is 0 Å². The molecule has 4 heterocycles. The summed E-state index contributed by atoms with van der Waals surface area (Å²) < 4.78 is 6.00. The number of amides is 1. The van der Waals surface area contributed by atoms with Gasteiger partial charge in [-0.2, -0.15) is 0 Å². The van der Waals surface area contributed by atoms with Crippen molar-refractivity contribution in [3.05, 3.63) is 59.3 Å². The van der Waals surface area contributed by atoms with Crippen LogP contribution in [0.1, 0.15) is 55.4 Å². The average Bonchev–Trinajstić information content (AvgIpc) is 3.69. The number of aryl methyl sites for hydroxylation is 1. The van der Waals surface area contributed by atoms with Crippen LogP contribution >= 0.6 is 35.3 Å². The standard InChI is InChI=1S/C28H33N5O2S3/c1-7-33(6)22(34)21-18(2)35-23(29-21)26(3)15-37-25(31-26)28(5)17-38-24(32-28)27(4)16-36-20(30-27)14-13-19-11-9-8-10-12-19/h8-14H,7,15-17H2,1-6H3/b14-13+/t26-,27-,28-/m0/s1. The zero-order chi connectivity index (χ0) is 27.1. The number of thioether (sulfide) groups is 3. The number of carbonyl (C=O) groups is 1. The largest absolute Gasteiger partial charge is 0.442 e. The lowest BCUT2D eigenvalue weighted by Crippen LogP contribution is -2.33. The second kappa shape index (κ2) is 10.4. The second-order valence-corrected chi connectivity index (χ2v) is 13.4. The van der Waals surface area contributed by atoms with Crippen molar-refractivity contribution in [1.82, 2.24) is 9.88 Å². The molecular formula is C28H33N5O2S3. The Morgan fingerprint density at radius 3 is 2.24 bits per heavy atom. The summed E-state index contributed by atoms with van der Waals surface area (Å²) in [6, 6.07) is 10.3. The lowest BCUT2D eigenvalue weighted by molar-refractivity contribution is 0.0795. The Labute approximate surface area is 237 Å². The molecule has 0 spiro atoms. The normalized spacial score (nSPS) is 29.1. The highest BCUT2D eigenvalue weighted by Gasteiger charge is 2.48. The Morgan fingerprint density at radius 2 is 1.55 bits per heavy atom. The number of aliphatic imine (C=N–C) groups is 3. The maximum absolute atomic E-state index is 12.7. The summed E-state index contributed by atoms with van der Waals surface area (Å²) in [5.41, 5.74) is 0.136. The van der Waals surface area contributed by atoms with Gasteiger partial charge < -0.3 is 9.32 Å². The third-order valence-electron chi connectivity index (χ3n) is 6.95. The van der Waals surface area contributed by atoms with Gasteiger partial charge >= 0.3 is 0 Å². The first kappa shape index (κ1) is 27.3. The summed E-state index contributed by atoms with van der Waals surface area (Å²) >= 11 is 5.27. The maximum Gasteiger partial charge on any atom is 0.275 e. The Hall–Kier alpha value is -2.30. The third-order valence-corrected chi connectivity index (χ3v) is 11.2. The first-order valence-electron chi connectivity index (χ1n) is 12.7. The quantitative estimate of drug-likeness (QED) is 0.411. The summed E-state index contributed by atoms with van der Waals surface area (Å²) in [5.74, 6) is 3.29. The van der Waals surface area contributed by atoms with Crippen LogP contribution in [0.15, 0.2) is 55.8 Å². The maximum atomic E-state index is 12.7. The molecule has 1 aromatic carbocycles. The summed E-state index contributed by atoms with van der Waals surface area (Å²) in [4.78, 5) is 34.4. The van der Waals surface area contributed by atoms with Gasteiger partial charge in [0.2, 0.25) is 5.89 Å². The van der Waals surface area contributed by atoms with Crippen LogP contribution in [0.4, 0.5) is 0 Å². The highest BCUT2D eigenvalue weighted by molar-refractivity contribution is 8.17. The van der Waals surface area contributed by atoms with Gasteiger partial charge in [0, 0.05) is 30.9 Å². The van der Waals surface area contributed by atoms with Gasteiger partial charge in [0.15, 0.2) is 5.69 Å². The Kier molecular flexibility index (Phi) is 7.43. The molecule has 3 atom stereocenters. The molecule has 10 heteroatoms. The van der Waals surface area contributed by atoms with Crippen LogP contribution in [-0.4, -0.2) is 72.9 Å². The fourth-order valence-corrected chi connectivity index (χ4v) is 8.22. The third kappa shape index (κ3) is 5.14. The predicted octanol–water partition coefficient (Wildman–Crippen LogP) is 5.96. The van der Waals surface area contributed by atoms with Crippen molar-refractivity contribution < 1.29 is 9.21 Å². The van der Waals surface area contributed by atoms with E-state index in [0.717, 1.165) is 26.6 Å². The number of rotatable bonds is 7. The molecule has 38 heavy (non-hydrogen) atoms. The average molecular weight is 568 g/mol. The Bertz CT molecular complexity index is 1370. The molecular weight excluding hydrogens is 535 g/mol. The highest BCUT2D eigenvalue weighted by atomic mass is 32.2. The lowest BCUT2D eigenvalue weighted by Gasteiger charge is -2.21. The van der Waals surface area contributed by atoms with E-state index >= 15 is 0 Å². The van der Waals surface area contributed by atoms with Crippen LogP contribution < -0.4 is 0 Å². The van der Waals surface area contributed by atoms with Crippen molar-refractivity contribution in [1.29, 1.82) is 0 Å². The molecule has 5 rings (SSSR count). The van der Waals surface area contributed by atoms with Crippen molar-refractivity contribution >= 4 is 62.4 Å². The molecule has 0 aliphatic carbocycles. The van der Waals surface area contributed by atoms with Crippen molar-refractivity contribution in [3.8, 4) is 0 Å². The van der Waals surface area contributed by atoms with E-state index < -0.39 is 11.1 Å². The summed E-state index contributed by atoms with van der Waals surface area (Å²) in [5, 5.41) is 3.08. The van der Waals surface area contributed by atoms with Crippen LogP contribution in [0.2, 0.25) is 0 Å². The van der Waals surface area contributed by atoms with Gasteiger partial charge in [-0.05, 0) is 46.3 Å². The number of hydrogen-bond acceptors (Lipinski definition) is 9. The molecule has 200 valence electrons. The molecule has 0 saturated carbocycles. The number of hydrogen-bond donors (Lipinski definition) is 0. The van der Waals surface area contributed by atoms with E-state index in [1.54, 1.807) is 54.2 Å². The van der Waals surface area contributed by atoms with E-state index in [-0.39, 0.29) is 11.4 Å². The minimum Gasteiger partial charge on any atom is -0.442 e. The fourth-order valence-electron chi connectivity index (χ4n) is 4.36. The first-order chi connectivity index (χ1) is 18.1. The molecule has 0 bridgehead atoms. The zero-order valence-corrected chi connectivity index (χ0v) is 25.1. The van der Waals surface area contributed by atoms with Gasteiger partial charge in [-0.1, -0.05) is 36.4 Å². The molecule has 0 saturated heterocycles. The molecule has 0 fully saturated rings. The van der Waals surface area contributed by atoms with E-state index in [1.165, 1.54) is 5.56 Å². The van der Waals surface area contributed by atoms with E-state index in [4.69, 9.17) is 19.4 Å². The second-order valence-electron chi connectivity index (χ2n) is 10.5. The molecule has 3 aliphatic rings. The molecule has 0 radical (unpaired) electrons. The van der Waals surface area contributed by atoms with E-state index in [9.17, 15) is 4.79 Å². The fraction of sp³-hybridized carbons (Fsp3) is 0.464. The molecule has 7 nitrogen and oxygen atoms in total. The van der Waals surface area contributed by atoms with Crippen LogP contribution in [0, 0.1) is 6.92 Å². The predicted molar refractivity (Wildman–Crippen MR) is 163 cm³/mol. The molecule has 0 unspecified atom stereocenters. The Morgan fingerprint density at radius 1 is 0.947 bits per heavy atom. The molecule has 0 N–H and O–H groups in total. The van der Waals surface area contributed by atoms with Gasteiger partial charge in [0.1, 0.15) is 22.4 Å². The highest BCUT2D eigenvalue weighted by Crippen LogP contribution is 2.46. The van der Waals surface area contributed by atoms with E-state index in [1.807, 2.05) is 32.0 Å². The minimum atomic E-state index is -0.638. The van der Waals surface area contributed by atoms with E-state index in [2.05, 4.69) is 43.1 Å². The smallest absolute Gasteiger partial charge is 0.275 e. The molecule has 2 aromatic rings. The summed E-state index contributed by atoms with van der Waals surface area (Å²) in [7, 11) is 1.77. The number of oxazole rings is 1. The van der Waals surface area contributed by atoms with Crippen LogP contribution in [0.3, 0.4) is 0 Å². The summed E-state index contributed by atoms with van der Waals surface area (Å²) in [6.45, 7) is 10.7. The van der Waals surface area contributed by atoms with Crippen LogP contribution in [0.25, 0.3) is 6.08 Å². The van der Waals surface area contributed by atoms with E-state index in [0.29, 0.717) is 29.6 Å². The van der Waals surface area contributed by atoms with Gasteiger partial charge in [0.05, 0.1) is 15.1 Å². The topological polar surface area (TPSA) is 83.4 Å². The number of nitrogens with zero attached hydrogens (tertiary/aromatic N) is 5. The monoisotopic (exact) mass is 567 g/mol. The summed E-state index contributed by atoms with van der Waals surface area (Å²) in [6.07, 6.45) is 4.21. The molecule has 3 aliphatic heterocycles. The van der Waals surface area contributed by atoms with Crippen molar-refractivity contribution in [2.75, 3.05) is 30.9 Å². The van der Waals surface area contributed by atoms with Crippen molar-refractivity contribution in [2.45, 2.75) is 51.2 Å². The number of aromatic nitrogens is 1. The van der Waals surface area contributed by atoms with Crippen LogP contribution in [0.5, 0.6) is 0 Å². The zero-order valence-electron chi connectivity index (χ0n) is 22.6. The van der Waals surface area contributed by atoms with Crippen molar-refractivity contribution in [2.24, 2.45) is 15.0 Å². The first-order valence-corrected chi connectivity index (χ1v) is 15.7. The SMILES string of the molecule is CCN(C)C(=O)c1nc([C@]2(C)CSC([C@]3(C)CSC([C@]4(C)CSC(/C=C/c5ccccc5)=N4)=N3)=N2)oc1C. The number of benzene rings is 1. The van der Waals surface area contributed by atoms with Gasteiger partial charge in [0.25, 0.3) is 5.91 Å². The Balaban J connectivity index is 1.35. The lowest BCUT2D eigenvalue weighted by atomic mass is 10.0. The van der Waals surface area contributed by atoms with Crippen LogP contribution in [-0.2, 0) is 5.54 Å². The molecule has 1 amide bonds. The van der Waals surface area contributed by atoms with Gasteiger partial charge in [-0.15, -0.1) is 35.3 Å². The minimum absolute atomic E-state index is 0.131.